The molecule has 0 saturated carbocycles. The molecular weight excluding hydrogens is 352 g/mol. The normalized spacial score (nSPS) is 15.6. The van der Waals surface area contributed by atoms with E-state index in [4.69, 9.17) is 4.74 Å². The van der Waals surface area contributed by atoms with Crippen LogP contribution in [0.4, 0.5) is 5.69 Å². The van der Waals surface area contributed by atoms with Crippen LogP contribution in [0, 0.1) is 13.8 Å². The highest BCUT2D eigenvalue weighted by molar-refractivity contribution is 7.89. The summed E-state index contributed by atoms with van der Waals surface area (Å²) in [6, 6.07) is 11.9. The zero-order valence-corrected chi connectivity index (χ0v) is 15.7. The van der Waals surface area contributed by atoms with E-state index in [2.05, 4.69) is 5.32 Å². The summed E-state index contributed by atoms with van der Waals surface area (Å²) in [5.74, 6) is -0.337. The molecule has 138 valence electrons. The van der Waals surface area contributed by atoms with E-state index in [1.165, 1.54) is 16.4 Å². The lowest BCUT2D eigenvalue weighted by molar-refractivity contribution is 0.0730. The number of anilines is 1. The molecule has 2 aromatic rings. The first kappa shape index (κ1) is 18.6. The summed E-state index contributed by atoms with van der Waals surface area (Å²) >= 11 is 0. The van der Waals surface area contributed by atoms with Crippen LogP contribution >= 0.6 is 0 Å². The quantitative estimate of drug-likeness (QED) is 0.892. The topological polar surface area (TPSA) is 75.7 Å². The summed E-state index contributed by atoms with van der Waals surface area (Å²) in [7, 11) is -3.63. The van der Waals surface area contributed by atoms with Crippen molar-refractivity contribution in [3.8, 4) is 0 Å². The molecule has 1 saturated heterocycles. The molecule has 1 aliphatic rings. The van der Waals surface area contributed by atoms with Gasteiger partial charge in [-0.05, 0) is 43.7 Å². The number of nitrogens with zero attached hydrogens (tertiary/aromatic N) is 1. The van der Waals surface area contributed by atoms with Gasteiger partial charge in [0, 0.05) is 24.3 Å². The van der Waals surface area contributed by atoms with Crippen molar-refractivity contribution in [2.45, 2.75) is 18.7 Å². The van der Waals surface area contributed by atoms with E-state index < -0.39 is 10.0 Å². The Morgan fingerprint density at radius 2 is 1.81 bits per heavy atom. The highest BCUT2D eigenvalue weighted by atomic mass is 32.2. The minimum Gasteiger partial charge on any atom is -0.379 e. The Hall–Kier alpha value is -2.22. The zero-order valence-electron chi connectivity index (χ0n) is 14.9. The number of nitrogens with one attached hydrogen (secondary N) is 1. The third-order valence-electron chi connectivity index (χ3n) is 4.33. The predicted molar refractivity (Wildman–Crippen MR) is 99.9 cm³/mol. The van der Waals surface area contributed by atoms with Gasteiger partial charge in [-0.3, -0.25) is 4.79 Å². The number of hydrogen-bond acceptors (Lipinski definition) is 4. The fourth-order valence-electron chi connectivity index (χ4n) is 2.88. The predicted octanol–water partition coefficient (Wildman–Crippen LogP) is 2.58. The SMILES string of the molecule is Cc1ccc(NC(=O)c2cccc(S(=O)(=O)N3CCOCC3)c2)c(C)c1. The maximum Gasteiger partial charge on any atom is 0.255 e. The van der Waals surface area contributed by atoms with Gasteiger partial charge < -0.3 is 10.1 Å². The van der Waals surface area contributed by atoms with Gasteiger partial charge in [-0.1, -0.05) is 23.8 Å². The van der Waals surface area contributed by atoms with Crippen molar-refractivity contribution in [1.29, 1.82) is 0 Å². The van der Waals surface area contributed by atoms with Crippen molar-refractivity contribution in [1.82, 2.24) is 4.31 Å². The summed E-state index contributed by atoms with van der Waals surface area (Å²) in [5, 5.41) is 2.84. The van der Waals surface area contributed by atoms with Crippen LogP contribution in [0.5, 0.6) is 0 Å². The van der Waals surface area contributed by atoms with Crippen LogP contribution in [0.25, 0.3) is 0 Å². The van der Waals surface area contributed by atoms with Crippen LogP contribution in [0.2, 0.25) is 0 Å². The summed E-state index contributed by atoms with van der Waals surface area (Å²) in [5.41, 5.74) is 3.08. The van der Waals surface area contributed by atoms with Crippen molar-refractivity contribution in [2.24, 2.45) is 0 Å². The number of rotatable bonds is 4. The van der Waals surface area contributed by atoms with Gasteiger partial charge in [-0.2, -0.15) is 4.31 Å². The Morgan fingerprint density at radius 1 is 1.08 bits per heavy atom. The molecule has 0 unspecified atom stereocenters. The summed E-state index contributed by atoms with van der Waals surface area (Å²) in [4.78, 5) is 12.7. The molecule has 3 rings (SSSR count). The van der Waals surface area contributed by atoms with E-state index in [1.807, 2.05) is 32.0 Å². The Bertz CT molecular complexity index is 919. The Labute approximate surface area is 153 Å². The zero-order chi connectivity index (χ0) is 18.7. The highest BCUT2D eigenvalue weighted by Gasteiger charge is 2.26. The second-order valence-electron chi connectivity index (χ2n) is 6.32. The maximum atomic E-state index is 12.8. The fourth-order valence-corrected chi connectivity index (χ4v) is 4.34. The molecule has 1 aliphatic heterocycles. The summed E-state index contributed by atoms with van der Waals surface area (Å²) in [6.45, 7) is 5.31. The summed E-state index contributed by atoms with van der Waals surface area (Å²) < 4.78 is 32.1. The highest BCUT2D eigenvalue weighted by Crippen LogP contribution is 2.20. The van der Waals surface area contributed by atoms with Gasteiger partial charge in [-0.15, -0.1) is 0 Å². The van der Waals surface area contributed by atoms with Crippen LogP contribution in [-0.4, -0.2) is 44.9 Å². The monoisotopic (exact) mass is 374 g/mol. The lowest BCUT2D eigenvalue weighted by atomic mass is 10.1. The number of sulfonamides is 1. The first-order valence-electron chi connectivity index (χ1n) is 8.44. The Kier molecular flexibility index (Phi) is 5.41. The average Bonchev–Trinajstić information content (AvgIpc) is 2.65. The molecule has 7 heteroatoms. The number of benzene rings is 2. The third-order valence-corrected chi connectivity index (χ3v) is 6.23. The Balaban J connectivity index is 1.83. The van der Waals surface area contributed by atoms with E-state index in [1.54, 1.807) is 12.1 Å². The molecule has 0 atom stereocenters. The number of carbonyl (C=O) groups is 1. The van der Waals surface area contributed by atoms with Gasteiger partial charge in [0.1, 0.15) is 0 Å². The molecule has 6 nitrogen and oxygen atoms in total. The van der Waals surface area contributed by atoms with Crippen molar-refractivity contribution in [2.75, 3.05) is 31.6 Å². The molecule has 1 fully saturated rings. The van der Waals surface area contributed by atoms with Crippen LogP contribution in [0.3, 0.4) is 0 Å². The minimum atomic E-state index is -3.63. The second kappa shape index (κ2) is 7.57. The standard InChI is InChI=1S/C19H22N2O4S/c1-14-6-7-18(15(2)12-14)20-19(22)16-4-3-5-17(13-16)26(23,24)21-8-10-25-11-9-21/h3-7,12-13H,8-11H2,1-2H3,(H,20,22). The number of amides is 1. The van der Waals surface area contributed by atoms with E-state index in [-0.39, 0.29) is 10.8 Å². The van der Waals surface area contributed by atoms with Gasteiger partial charge in [0.25, 0.3) is 5.91 Å². The van der Waals surface area contributed by atoms with Crippen LogP contribution in [-0.2, 0) is 14.8 Å². The van der Waals surface area contributed by atoms with E-state index in [9.17, 15) is 13.2 Å². The molecule has 26 heavy (non-hydrogen) atoms. The first-order valence-corrected chi connectivity index (χ1v) is 9.88. The van der Waals surface area contributed by atoms with Crippen LogP contribution < -0.4 is 5.32 Å². The molecule has 2 aromatic carbocycles. The molecule has 0 aliphatic carbocycles. The fraction of sp³-hybridized carbons (Fsp3) is 0.316. The van der Waals surface area contributed by atoms with Gasteiger partial charge in [0.2, 0.25) is 10.0 Å². The third kappa shape index (κ3) is 3.95. The van der Waals surface area contributed by atoms with Crippen molar-refractivity contribution >= 4 is 21.6 Å². The lowest BCUT2D eigenvalue weighted by Crippen LogP contribution is -2.40. The maximum absolute atomic E-state index is 12.8. The largest absolute Gasteiger partial charge is 0.379 e. The van der Waals surface area contributed by atoms with Crippen LogP contribution in [0.1, 0.15) is 21.5 Å². The molecule has 0 aromatic heterocycles. The van der Waals surface area contributed by atoms with Gasteiger partial charge in [0.15, 0.2) is 0 Å². The number of ether oxygens (including phenoxy) is 1. The molecule has 1 N–H and O–H groups in total. The number of morpholine rings is 1. The van der Waals surface area contributed by atoms with Crippen molar-refractivity contribution < 1.29 is 17.9 Å². The van der Waals surface area contributed by atoms with E-state index in [0.29, 0.717) is 37.6 Å². The average molecular weight is 374 g/mol. The number of carbonyl (C=O) groups excluding carboxylic acids is 1. The first-order chi connectivity index (χ1) is 12.4. The lowest BCUT2D eigenvalue weighted by Gasteiger charge is -2.26. The van der Waals surface area contributed by atoms with Gasteiger partial charge in [-0.25, -0.2) is 8.42 Å². The molecule has 1 amide bonds. The second-order valence-corrected chi connectivity index (χ2v) is 8.25. The van der Waals surface area contributed by atoms with Crippen molar-refractivity contribution in [3.05, 3.63) is 59.2 Å². The number of hydrogen-bond donors (Lipinski definition) is 1. The Morgan fingerprint density at radius 3 is 2.50 bits per heavy atom. The van der Waals surface area contributed by atoms with E-state index >= 15 is 0 Å². The molecule has 0 radical (unpaired) electrons. The minimum absolute atomic E-state index is 0.118. The van der Waals surface area contributed by atoms with Crippen LogP contribution in [0.15, 0.2) is 47.4 Å². The molecule has 0 spiro atoms. The molecular formula is C19H22N2O4S. The van der Waals surface area contributed by atoms with Gasteiger partial charge >= 0.3 is 0 Å². The van der Waals surface area contributed by atoms with Crippen molar-refractivity contribution in [3.63, 3.8) is 0 Å². The number of aryl methyl sites for hydroxylation is 2. The van der Waals surface area contributed by atoms with Gasteiger partial charge in [0.05, 0.1) is 18.1 Å². The molecule has 0 bridgehead atoms. The smallest absolute Gasteiger partial charge is 0.255 e. The van der Waals surface area contributed by atoms with E-state index in [0.717, 1.165) is 11.1 Å². The molecule has 1 heterocycles. The summed E-state index contributed by atoms with van der Waals surface area (Å²) in [6.07, 6.45) is 0.